The van der Waals surface area contributed by atoms with Gasteiger partial charge in [0.15, 0.2) is 0 Å². The fourth-order valence-electron chi connectivity index (χ4n) is 1.01. The Labute approximate surface area is 63.3 Å². The number of fused-ring (bicyclic) bond motifs is 1. The van der Waals surface area contributed by atoms with Crippen LogP contribution < -0.4 is 0 Å². The molecule has 0 aliphatic rings. The predicted octanol–water partition coefficient (Wildman–Crippen LogP) is 2.60. The first-order valence-corrected chi connectivity index (χ1v) is 4.05. The molecule has 0 saturated carbocycles. The second-order valence-corrected chi connectivity index (χ2v) is 3.16. The zero-order valence-electron chi connectivity index (χ0n) is 5.66. The highest BCUT2D eigenvalue weighted by Gasteiger charge is 1.95. The molecule has 0 bridgehead atoms. The van der Waals surface area contributed by atoms with Crippen molar-refractivity contribution in [2.45, 2.75) is 6.92 Å². The van der Waals surface area contributed by atoms with Gasteiger partial charge < -0.3 is 0 Å². The van der Waals surface area contributed by atoms with E-state index in [0.717, 1.165) is 4.83 Å². The molecule has 0 spiro atoms. The molecule has 2 heteroatoms. The largest absolute Gasteiger partial charge is 0.245 e. The third kappa shape index (κ3) is 0.727. The molecular formula is C8H7NS. The minimum Gasteiger partial charge on any atom is -0.245 e. The Bertz CT molecular complexity index is 351. The van der Waals surface area contributed by atoms with Crippen molar-refractivity contribution in [3.63, 3.8) is 0 Å². The van der Waals surface area contributed by atoms with Gasteiger partial charge in [0.1, 0.15) is 4.83 Å². The smallest absolute Gasteiger partial charge is 0.123 e. The van der Waals surface area contributed by atoms with Crippen LogP contribution in [0.3, 0.4) is 0 Å². The summed E-state index contributed by atoms with van der Waals surface area (Å²) in [6.07, 6.45) is 1.86. The van der Waals surface area contributed by atoms with Crippen molar-refractivity contribution >= 4 is 21.6 Å². The lowest BCUT2D eigenvalue weighted by molar-refractivity contribution is 1.40. The van der Waals surface area contributed by atoms with Gasteiger partial charge in [-0.3, -0.25) is 0 Å². The number of aryl methyl sites for hydroxylation is 1. The van der Waals surface area contributed by atoms with Crippen LogP contribution in [0.5, 0.6) is 0 Å². The van der Waals surface area contributed by atoms with E-state index in [2.05, 4.69) is 23.4 Å². The van der Waals surface area contributed by atoms with E-state index >= 15 is 0 Å². The van der Waals surface area contributed by atoms with Crippen LogP contribution in [0.25, 0.3) is 10.2 Å². The van der Waals surface area contributed by atoms with E-state index in [1.165, 1.54) is 10.9 Å². The minimum atomic E-state index is 1.14. The van der Waals surface area contributed by atoms with Crippen molar-refractivity contribution in [3.8, 4) is 0 Å². The van der Waals surface area contributed by atoms with E-state index in [1.807, 2.05) is 12.3 Å². The Morgan fingerprint density at radius 3 is 3.10 bits per heavy atom. The zero-order valence-corrected chi connectivity index (χ0v) is 6.48. The molecule has 0 aromatic carbocycles. The van der Waals surface area contributed by atoms with Gasteiger partial charge in [-0.2, -0.15) is 0 Å². The number of rotatable bonds is 0. The molecule has 0 atom stereocenters. The third-order valence-electron chi connectivity index (χ3n) is 1.59. The second kappa shape index (κ2) is 2.06. The molecule has 0 unspecified atom stereocenters. The van der Waals surface area contributed by atoms with E-state index < -0.39 is 0 Å². The molecule has 1 nitrogen and oxygen atoms in total. The van der Waals surface area contributed by atoms with E-state index in [0.29, 0.717) is 0 Å². The molecule has 0 aliphatic carbocycles. The number of thiophene rings is 1. The molecule has 0 aliphatic heterocycles. The summed E-state index contributed by atoms with van der Waals surface area (Å²) in [7, 11) is 0. The Morgan fingerprint density at radius 2 is 2.30 bits per heavy atom. The van der Waals surface area contributed by atoms with Crippen molar-refractivity contribution < 1.29 is 0 Å². The van der Waals surface area contributed by atoms with Gasteiger partial charge in [-0.1, -0.05) is 0 Å². The Kier molecular flexibility index (Phi) is 1.21. The van der Waals surface area contributed by atoms with Gasteiger partial charge in [-0.15, -0.1) is 11.3 Å². The van der Waals surface area contributed by atoms with Gasteiger partial charge in [-0.25, -0.2) is 4.98 Å². The van der Waals surface area contributed by atoms with Gasteiger partial charge in [0.2, 0.25) is 0 Å². The van der Waals surface area contributed by atoms with Crippen LogP contribution in [0.4, 0.5) is 0 Å². The molecule has 2 rings (SSSR count). The third-order valence-corrected chi connectivity index (χ3v) is 2.41. The summed E-state index contributed by atoms with van der Waals surface area (Å²) in [6, 6.07) is 4.15. The van der Waals surface area contributed by atoms with E-state index in [9.17, 15) is 0 Å². The second-order valence-electron chi connectivity index (χ2n) is 2.27. The van der Waals surface area contributed by atoms with Gasteiger partial charge >= 0.3 is 0 Å². The van der Waals surface area contributed by atoms with Crippen molar-refractivity contribution in [2.24, 2.45) is 0 Å². The van der Waals surface area contributed by atoms with Crippen LogP contribution in [-0.4, -0.2) is 4.98 Å². The van der Waals surface area contributed by atoms with Gasteiger partial charge in [0.25, 0.3) is 0 Å². The van der Waals surface area contributed by atoms with E-state index in [1.54, 1.807) is 11.3 Å². The van der Waals surface area contributed by atoms with Crippen molar-refractivity contribution in [2.75, 3.05) is 0 Å². The highest BCUT2D eigenvalue weighted by molar-refractivity contribution is 7.16. The number of aromatic nitrogens is 1. The van der Waals surface area contributed by atoms with Crippen LogP contribution in [0, 0.1) is 6.92 Å². The molecule has 2 aromatic rings. The Hall–Kier alpha value is -0.890. The van der Waals surface area contributed by atoms with Crippen LogP contribution in [0.2, 0.25) is 0 Å². The lowest BCUT2D eigenvalue weighted by Crippen LogP contribution is -1.74. The maximum Gasteiger partial charge on any atom is 0.123 e. The van der Waals surface area contributed by atoms with Crippen LogP contribution in [0.1, 0.15) is 5.56 Å². The number of nitrogens with zero attached hydrogens (tertiary/aromatic N) is 1. The van der Waals surface area contributed by atoms with E-state index in [4.69, 9.17) is 0 Å². The van der Waals surface area contributed by atoms with Gasteiger partial charge in [-0.05, 0) is 30.0 Å². The molecule has 0 fully saturated rings. The molecular weight excluding hydrogens is 142 g/mol. The van der Waals surface area contributed by atoms with Crippen LogP contribution >= 0.6 is 11.3 Å². The first-order chi connectivity index (χ1) is 4.88. The van der Waals surface area contributed by atoms with Crippen molar-refractivity contribution in [1.29, 1.82) is 0 Å². The molecule has 0 radical (unpaired) electrons. The highest BCUT2D eigenvalue weighted by Crippen LogP contribution is 2.20. The van der Waals surface area contributed by atoms with E-state index in [-0.39, 0.29) is 0 Å². The lowest BCUT2D eigenvalue weighted by atomic mass is 10.2. The molecule has 0 N–H and O–H groups in total. The fraction of sp³-hybridized carbons (Fsp3) is 0.125. The average molecular weight is 149 g/mol. The molecule has 0 saturated heterocycles. The normalized spacial score (nSPS) is 10.5. The van der Waals surface area contributed by atoms with Crippen molar-refractivity contribution in [3.05, 3.63) is 29.3 Å². The summed E-state index contributed by atoms with van der Waals surface area (Å²) in [5.41, 5.74) is 1.31. The van der Waals surface area contributed by atoms with Gasteiger partial charge in [0.05, 0.1) is 0 Å². The first kappa shape index (κ1) is 5.86. The molecule has 2 aromatic heterocycles. The summed E-state index contributed by atoms with van der Waals surface area (Å²) in [5, 5.41) is 3.36. The lowest BCUT2D eigenvalue weighted by Gasteiger charge is -1.90. The molecule has 2 heterocycles. The van der Waals surface area contributed by atoms with Crippen LogP contribution in [-0.2, 0) is 0 Å². The average Bonchev–Trinajstić information content (AvgIpc) is 2.36. The molecule has 10 heavy (non-hydrogen) atoms. The maximum absolute atomic E-state index is 4.22. The van der Waals surface area contributed by atoms with Crippen molar-refractivity contribution in [1.82, 2.24) is 4.98 Å². The minimum absolute atomic E-state index is 1.14. The molecule has 50 valence electrons. The summed E-state index contributed by atoms with van der Waals surface area (Å²) < 4.78 is 0. The SMILES string of the molecule is Cc1ccnc2sccc12. The first-order valence-electron chi connectivity index (χ1n) is 3.17. The fourth-order valence-corrected chi connectivity index (χ4v) is 1.82. The molecule has 0 amide bonds. The van der Waals surface area contributed by atoms with Gasteiger partial charge in [0, 0.05) is 11.6 Å². The summed E-state index contributed by atoms with van der Waals surface area (Å²) in [5.74, 6) is 0. The zero-order chi connectivity index (χ0) is 6.97. The highest BCUT2D eigenvalue weighted by atomic mass is 32.1. The number of hydrogen-bond donors (Lipinski definition) is 0. The Balaban J connectivity index is 2.95. The number of hydrogen-bond acceptors (Lipinski definition) is 2. The summed E-state index contributed by atoms with van der Waals surface area (Å²) >= 11 is 1.69. The topological polar surface area (TPSA) is 12.9 Å². The predicted molar refractivity (Wildman–Crippen MR) is 44.4 cm³/mol. The summed E-state index contributed by atoms with van der Waals surface area (Å²) in [4.78, 5) is 5.36. The maximum atomic E-state index is 4.22. The standard InChI is InChI=1S/C8H7NS/c1-6-2-4-9-8-7(6)3-5-10-8/h2-5H,1H3. The summed E-state index contributed by atoms with van der Waals surface area (Å²) in [6.45, 7) is 2.11. The Morgan fingerprint density at radius 1 is 1.40 bits per heavy atom. The monoisotopic (exact) mass is 149 g/mol. The van der Waals surface area contributed by atoms with Crippen LogP contribution in [0.15, 0.2) is 23.7 Å². The quantitative estimate of drug-likeness (QED) is 0.561. The number of pyridine rings is 1.